The number of amides is 2. The van der Waals surface area contributed by atoms with E-state index in [-0.39, 0.29) is 18.4 Å². The first-order valence-corrected chi connectivity index (χ1v) is 13.0. The number of carbonyl (C=O) groups excluding carboxylic acids is 2. The van der Waals surface area contributed by atoms with Gasteiger partial charge in [-0.05, 0) is 68.0 Å². The van der Waals surface area contributed by atoms with E-state index in [1.54, 1.807) is 4.90 Å². The number of nitrogens with one attached hydrogen (secondary N) is 1. The summed E-state index contributed by atoms with van der Waals surface area (Å²) in [4.78, 5) is 29.0. The maximum atomic E-state index is 13.7. The molecule has 0 bridgehead atoms. The number of aryl methyl sites for hydroxylation is 1. The van der Waals surface area contributed by atoms with Crippen LogP contribution in [-0.2, 0) is 22.6 Å². The molecule has 0 saturated heterocycles. The molecule has 0 fully saturated rings. The predicted octanol–water partition coefficient (Wildman–Crippen LogP) is 6.05. The zero-order chi connectivity index (χ0) is 27.0. The van der Waals surface area contributed by atoms with Gasteiger partial charge < -0.3 is 15.0 Å². The van der Waals surface area contributed by atoms with E-state index in [1.807, 2.05) is 107 Å². The first kappa shape index (κ1) is 28.0. The van der Waals surface area contributed by atoms with Gasteiger partial charge >= 0.3 is 0 Å². The number of carbonyl (C=O) groups is 2. The first-order chi connectivity index (χ1) is 17.5. The van der Waals surface area contributed by atoms with E-state index in [0.29, 0.717) is 24.6 Å². The normalized spacial score (nSPS) is 12.2. The Morgan fingerprint density at radius 2 is 1.51 bits per heavy atom. The van der Waals surface area contributed by atoms with Gasteiger partial charge in [0.25, 0.3) is 5.91 Å². The monoisotopic (exact) mass is 500 g/mol. The van der Waals surface area contributed by atoms with Crippen molar-refractivity contribution in [1.29, 1.82) is 0 Å². The molecule has 196 valence electrons. The molecule has 0 aliphatic heterocycles. The number of hydrogen-bond donors (Lipinski definition) is 1. The molecule has 0 aliphatic rings. The summed E-state index contributed by atoms with van der Waals surface area (Å²) in [7, 11) is 0. The molecule has 0 aromatic heterocycles. The molecular formula is C32H40N2O3. The lowest BCUT2D eigenvalue weighted by Gasteiger charge is -2.34. The summed E-state index contributed by atoms with van der Waals surface area (Å²) in [6.45, 7) is 12.3. The van der Waals surface area contributed by atoms with Crippen LogP contribution in [0.5, 0.6) is 5.75 Å². The molecule has 0 saturated carbocycles. The number of ether oxygens (including phenoxy) is 1. The van der Waals surface area contributed by atoms with Crippen molar-refractivity contribution in [2.24, 2.45) is 0 Å². The molecule has 0 radical (unpaired) electrons. The van der Waals surface area contributed by atoms with E-state index >= 15 is 0 Å². The lowest BCUT2D eigenvalue weighted by Crippen LogP contribution is -2.55. The average molecular weight is 501 g/mol. The summed E-state index contributed by atoms with van der Waals surface area (Å²) in [5.74, 6) is 0.633. The third kappa shape index (κ3) is 8.49. The van der Waals surface area contributed by atoms with Crippen molar-refractivity contribution in [2.45, 2.75) is 72.0 Å². The number of hydrogen-bond acceptors (Lipinski definition) is 3. The zero-order valence-corrected chi connectivity index (χ0v) is 23.0. The second-order valence-corrected chi connectivity index (χ2v) is 10.9. The van der Waals surface area contributed by atoms with Crippen LogP contribution in [0.3, 0.4) is 0 Å². The van der Waals surface area contributed by atoms with Crippen LogP contribution >= 0.6 is 0 Å². The molecule has 3 rings (SSSR count). The van der Waals surface area contributed by atoms with Gasteiger partial charge in [0.1, 0.15) is 11.8 Å². The molecule has 5 nitrogen and oxygen atoms in total. The van der Waals surface area contributed by atoms with Crippen LogP contribution in [0.25, 0.3) is 0 Å². The van der Waals surface area contributed by atoms with Crippen molar-refractivity contribution in [3.63, 3.8) is 0 Å². The minimum Gasteiger partial charge on any atom is -0.484 e. The zero-order valence-electron chi connectivity index (χ0n) is 23.0. The van der Waals surface area contributed by atoms with Gasteiger partial charge in [0.05, 0.1) is 0 Å². The quantitative estimate of drug-likeness (QED) is 0.369. The Labute approximate surface area is 221 Å². The highest BCUT2D eigenvalue weighted by atomic mass is 16.5. The summed E-state index contributed by atoms with van der Waals surface area (Å²) < 4.78 is 5.91. The fraction of sp³-hybridized carbons (Fsp3) is 0.375. The minimum absolute atomic E-state index is 0.152. The van der Waals surface area contributed by atoms with Crippen molar-refractivity contribution in [2.75, 3.05) is 6.61 Å². The van der Waals surface area contributed by atoms with E-state index < -0.39 is 11.6 Å². The summed E-state index contributed by atoms with van der Waals surface area (Å²) >= 11 is 0. The van der Waals surface area contributed by atoms with E-state index in [1.165, 1.54) is 5.56 Å². The number of rotatable bonds is 10. The Bertz CT molecular complexity index is 1160. The maximum Gasteiger partial charge on any atom is 0.261 e. The molecule has 0 spiro atoms. The Balaban J connectivity index is 1.91. The van der Waals surface area contributed by atoms with Crippen LogP contribution in [0.4, 0.5) is 0 Å². The van der Waals surface area contributed by atoms with Gasteiger partial charge in [-0.2, -0.15) is 0 Å². The van der Waals surface area contributed by atoms with Gasteiger partial charge in [0, 0.05) is 18.5 Å². The maximum absolute atomic E-state index is 13.7. The van der Waals surface area contributed by atoms with E-state index in [0.717, 1.165) is 16.7 Å². The molecule has 37 heavy (non-hydrogen) atoms. The van der Waals surface area contributed by atoms with Crippen LogP contribution in [0.1, 0.15) is 62.8 Å². The van der Waals surface area contributed by atoms with E-state index in [4.69, 9.17) is 4.74 Å². The third-order valence-electron chi connectivity index (χ3n) is 6.28. The average Bonchev–Trinajstić information content (AvgIpc) is 2.85. The minimum atomic E-state index is -0.694. The molecular weight excluding hydrogens is 460 g/mol. The molecule has 3 aromatic carbocycles. The highest BCUT2D eigenvalue weighted by Gasteiger charge is 2.32. The number of benzene rings is 3. The van der Waals surface area contributed by atoms with Gasteiger partial charge in [-0.1, -0.05) is 80.6 Å². The lowest BCUT2D eigenvalue weighted by atomic mass is 10.00. The molecule has 0 unspecified atom stereocenters. The number of nitrogens with zero attached hydrogens (tertiary/aromatic N) is 1. The second kappa shape index (κ2) is 12.6. The van der Waals surface area contributed by atoms with Gasteiger partial charge in [-0.15, -0.1) is 0 Å². The summed E-state index contributed by atoms with van der Waals surface area (Å²) in [5, 5.41) is 3.09. The van der Waals surface area contributed by atoms with Crippen molar-refractivity contribution in [3.8, 4) is 5.75 Å². The van der Waals surface area contributed by atoms with Crippen molar-refractivity contribution in [3.05, 3.63) is 101 Å². The topological polar surface area (TPSA) is 58.6 Å². The molecule has 5 heteroatoms. The van der Waals surface area contributed by atoms with Crippen molar-refractivity contribution >= 4 is 11.8 Å². The largest absolute Gasteiger partial charge is 0.484 e. The Kier molecular flexibility index (Phi) is 9.51. The molecule has 0 aliphatic carbocycles. The van der Waals surface area contributed by atoms with Crippen LogP contribution in [0.15, 0.2) is 78.9 Å². The highest BCUT2D eigenvalue weighted by molar-refractivity contribution is 5.89. The highest BCUT2D eigenvalue weighted by Crippen LogP contribution is 2.21. The fourth-order valence-electron chi connectivity index (χ4n) is 4.15. The summed E-state index contributed by atoms with van der Waals surface area (Å²) in [5.41, 5.74) is 3.84. The van der Waals surface area contributed by atoms with Gasteiger partial charge in [0.15, 0.2) is 6.61 Å². The van der Waals surface area contributed by atoms with Gasteiger partial charge in [-0.3, -0.25) is 9.59 Å². The van der Waals surface area contributed by atoms with Crippen LogP contribution in [0, 0.1) is 6.92 Å². The van der Waals surface area contributed by atoms with Crippen LogP contribution in [0.2, 0.25) is 0 Å². The molecule has 1 atom stereocenters. The van der Waals surface area contributed by atoms with Crippen LogP contribution in [-0.4, -0.2) is 34.9 Å². The SMILES string of the molecule is Cc1ccccc1CN(C(=O)COc1ccc(C(C)C)cc1)[C@H](Cc1ccccc1)C(=O)NC(C)(C)C. The first-order valence-electron chi connectivity index (χ1n) is 13.0. The third-order valence-corrected chi connectivity index (χ3v) is 6.28. The Morgan fingerprint density at radius 1 is 0.892 bits per heavy atom. The van der Waals surface area contributed by atoms with Gasteiger partial charge in [-0.25, -0.2) is 0 Å². The Morgan fingerprint density at radius 3 is 2.11 bits per heavy atom. The summed E-state index contributed by atoms with van der Waals surface area (Å²) in [6.07, 6.45) is 0.406. The van der Waals surface area contributed by atoms with E-state index in [2.05, 4.69) is 19.2 Å². The smallest absolute Gasteiger partial charge is 0.261 e. The molecule has 1 N–H and O–H groups in total. The Hall–Kier alpha value is -3.60. The second-order valence-electron chi connectivity index (χ2n) is 10.9. The predicted molar refractivity (Wildman–Crippen MR) is 150 cm³/mol. The van der Waals surface area contributed by atoms with Gasteiger partial charge in [0.2, 0.25) is 5.91 Å². The van der Waals surface area contributed by atoms with Crippen molar-refractivity contribution in [1.82, 2.24) is 10.2 Å². The standard InChI is InChI=1S/C32H40N2O3/c1-23(2)26-16-18-28(19-17-26)37-22-30(35)34(21-27-15-11-10-12-24(27)3)29(31(36)33-32(4,5)6)20-25-13-8-7-9-14-25/h7-19,23,29H,20-22H2,1-6H3,(H,33,36)/t29-/m1/s1. The molecule has 3 aromatic rings. The van der Waals surface area contributed by atoms with Crippen LogP contribution < -0.4 is 10.1 Å². The fourth-order valence-corrected chi connectivity index (χ4v) is 4.15. The van der Waals surface area contributed by atoms with Crippen molar-refractivity contribution < 1.29 is 14.3 Å². The van der Waals surface area contributed by atoms with E-state index in [9.17, 15) is 9.59 Å². The molecule has 0 heterocycles. The lowest BCUT2D eigenvalue weighted by molar-refractivity contribution is -0.143. The summed E-state index contributed by atoms with van der Waals surface area (Å²) in [6, 6.07) is 24.9. The molecule has 2 amide bonds.